The minimum absolute atomic E-state index is 0.194. The molecule has 10 heavy (non-hydrogen) atoms. The Kier molecular flexibility index (Phi) is 11.5. The Hall–Kier alpha value is 0.0500. The number of aliphatic carboxylic acids is 1. The molecule has 0 amide bonds. The van der Waals surface area contributed by atoms with Crippen LogP contribution in [0, 0.1) is 5.92 Å². The zero-order valence-corrected chi connectivity index (χ0v) is 7.61. The minimum atomic E-state index is -0.713. The van der Waals surface area contributed by atoms with Crippen LogP contribution in [0.15, 0.2) is 0 Å². The van der Waals surface area contributed by atoms with Crippen LogP contribution < -0.4 is 0 Å². The third kappa shape index (κ3) is 24.4. The number of carboxylic acid groups (broad SMARTS) is 1. The molecular weight excluding hydrogens is 175 g/mol. The topological polar surface area (TPSA) is 37.3 Å². The highest BCUT2D eigenvalue weighted by Gasteiger charge is 1.98. The lowest BCUT2D eigenvalue weighted by Crippen LogP contribution is -1.99. The van der Waals surface area contributed by atoms with Crippen molar-refractivity contribution in [3.05, 3.63) is 0 Å². The van der Waals surface area contributed by atoms with Crippen molar-refractivity contribution in [3.8, 4) is 0 Å². The van der Waals surface area contributed by atoms with Crippen molar-refractivity contribution < 1.29 is 9.90 Å². The van der Waals surface area contributed by atoms with Crippen LogP contribution in [0.1, 0.15) is 20.3 Å². The molecule has 0 atom stereocenters. The van der Waals surface area contributed by atoms with Gasteiger partial charge in [0.15, 0.2) is 0 Å². The molecule has 0 heterocycles. The molecule has 0 aliphatic carbocycles. The summed E-state index contributed by atoms with van der Waals surface area (Å²) >= 11 is 9.53. The fourth-order valence-corrected chi connectivity index (χ4v) is 0.349. The van der Waals surface area contributed by atoms with E-state index in [1.165, 1.54) is 0 Å². The molecule has 62 valence electrons. The van der Waals surface area contributed by atoms with Crippen LogP contribution >= 0.6 is 23.2 Å². The van der Waals surface area contributed by atoms with Gasteiger partial charge in [0.2, 0.25) is 0 Å². The minimum Gasteiger partial charge on any atom is -0.481 e. The van der Waals surface area contributed by atoms with Gasteiger partial charge in [-0.25, -0.2) is 0 Å². The summed E-state index contributed by atoms with van der Waals surface area (Å²) in [5, 5.41) is 8.28. The van der Waals surface area contributed by atoms with Gasteiger partial charge >= 0.3 is 5.97 Å². The van der Waals surface area contributed by atoms with Gasteiger partial charge in [0.1, 0.15) is 0 Å². The monoisotopic (exact) mass is 186 g/mol. The summed E-state index contributed by atoms with van der Waals surface area (Å²) in [5.41, 5.74) is 0. The summed E-state index contributed by atoms with van der Waals surface area (Å²) in [6, 6.07) is 0. The Morgan fingerprint density at radius 3 is 1.80 bits per heavy atom. The molecule has 0 rings (SSSR count). The van der Waals surface area contributed by atoms with Gasteiger partial charge in [-0.2, -0.15) is 0 Å². The molecule has 0 radical (unpaired) electrons. The smallest absolute Gasteiger partial charge is 0.303 e. The molecular formula is C6H12Cl2O2. The number of carboxylic acids is 1. The molecule has 0 aliphatic rings. The van der Waals surface area contributed by atoms with Crippen molar-refractivity contribution in [2.24, 2.45) is 5.92 Å². The van der Waals surface area contributed by atoms with E-state index in [0.29, 0.717) is 0 Å². The predicted octanol–water partition coefficient (Wildman–Crippen LogP) is 2.54. The third-order valence-corrected chi connectivity index (χ3v) is 0.583. The number of hydrogen-bond acceptors (Lipinski definition) is 1. The zero-order valence-electron chi connectivity index (χ0n) is 6.10. The average molecular weight is 187 g/mol. The maximum absolute atomic E-state index is 9.81. The number of hydrogen-bond donors (Lipinski definition) is 1. The Bertz CT molecular complexity index is 83.8. The highest BCUT2D eigenvalue weighted by atomic mass is 35.5. The largest absolute Gasteiger partial charge is 0.481 e. The maximum Gasteiger partial charge on any atom is 0.303 e. The summed E-state index contributed by atoms with van der Waals surface area (Å²) in [5.74, 6) is -0.438. The van der Waals surface area contributed by atoms with Gasteiger partial charge < -0.3 is 5.11 Å². The van der Waals surface area contributed by atoms with Crippen LogP contribution in [0.2, 0.25) is 0 Å². The van der Waals surface area contributed by atoms with E-state index in [-0.39, 0.29) is 17.7 Å². The molecule has 1 N–H and O–H groups in total. The van der Waals surface area contributed by atoms with E-state index in [1.54, 1.807) is 0 Å². The molecule has 0 spiro atoms. The summed E-state index contributed by atoms with van der Waals surface area (Å²) in [4.78, 5) is 9.81. The Balaban J connectivity index is 0. The molecule has 0 bridgehead atoms. The molecule has 0 aromatic rings. The molecule has 0 fully saturated rings. The van der Waals surface area contributed by atoms with Crippen molar-refractivity contribution in [1.82, 2.24) is 0 Å². The zero-order chi connectivity index (χ0) is 8.57. The van der Waals surface area contributed by atoms with Gasteiger partial charge in [0, 0.05) is 6.42 Å². The average Bonchev–Trinajstić information content (AvgIpc) is 1.62. The quantitative estimate of drug-likeness (QED) is 0.674. The first-order valence-electron chi connectivity index (χ1n) is 2.88. The van der Waals surface area contributed by atoms with Crippen LogP contribution in [0.5, 0.6) is 0 Å². The van der Waals surface area contributed by atoms with E-state index >= 15 is 0 Å². The summed E-state index contributed by atoms with van der Waals surface area (Å²) < 4.78 is 0. The van der Waals surface area contributed by atoms with Crippen LogP contribution in [0.25, 0.3) is 0 Å². The highest BCUT2D eigenvalue weighted by molar-refractivity contribution is 6.40. The van der Waals surface area contributed by atoms with Crippen LogP contribution in [0.4, 0.5) is 0 Å². The maximum atomic E-state index is 9.81. The Morgan fingerprint density at radius 2 is 1.80 bits per heavy atom. The Morgan fingerprint density at radius 1 is 1.50 bits per heavy atom. The van der Waals surface area contributed by atoms with Crippen molar-refractivity contribution in [1.29, 1.82) is 0 Å². The van der Waals surface area contributed by atoms with Crippen molar-refractivity contribution in [2.45, 2.75) is 20.3 Å². The van der Waals surface area contributed by atoms with E-state index in [2.05, 4.69) is 0 Å². The number of alkyl halides is 2. The van der Waals surface area contributed by atoms with E-state index in [0.717, 1.165) is 0 Å². The number of carbonyl (C=O) groups is 1. The van der Waals surface area contributed by atoms with Crippen LogP contribution in [-0.4, -0.2) is 16.4 Å². The SMILES string of the molecule is CC(C)CC(=O)O.ClCCl. The normalized spacial score (nSPS) is 8.50. The molecule has 2 nitrogen and oxygen atoms in total. The van der Waals surface area contributed by atoms with Gasteiger partial charge in [0.05, 0.1) is 5.34 Å². The van der Waals surface area contributed by atoms with E-state index in [9.17, 15) is 4.79 Å². The first kappa shape index (κ1) is 12.7. The van der Waals surface area contributed by atoms with Gasteiger partial charge in [-0.15, -0.1) is 23.2 Å². The fraction of sp³-hybridized carbons (Fsp3) is 0.833. The first-order chi connectivity index (χ1) is 4.54. The van der Waals surface area contributed by atoms with Gasteiger partial charge in [-0.05, 0) is 5.92 Å². The second-order valence-corrected chi connectivity index (χ2v) is 2.90. The van der Waals surface area contributed by atoms with Gasteiger partial charge in [0.25, 0.3) is 0 Å². The number of rotatable bonds is 2. The molecule has 0 aliphatic heterocycles. The van der Waals surface area contributed by atoms with Crippen molar-refractivity contribution in [2.75, 3.05) is 5.34 Å². The van der Waals surface area contributed by atoms with Gasteiger partial charge in [-0.1, -0.05) is 13.8 Å². The van der Waals surface area contributed by atoms with Crippen LogP contribution in [0.3, 0.4) is 0 Å². The van der Waals surface area contributed by atoms with Crippen molar-refractivity contribution >= 4 is 29.2 Å². The lowest BCUT2D eigenvalue weighted by Gasteiger charge is -1.94. The molecule has 0 aromatic heterocycles. The molecule has 0 unspecified atom stereocenters. The van der Waals surface area contributed by atoms with Crippen molar-refractivity contribution in [3.63, 3.8) is 0 Å². The third-order valence-electron chi connectivity index (χ3n) is 0.583. The van der Waals surface area contributed by atoms with Crippen LogP contribution in [-0.2, 0) is 4.79 Å². The second kappa shape index (κ2) is 9.05. The van der Waals surface area contributed by atoms with Gasteiger partial charge in [-0.3, -0.25) is 4.79 Å². The standard InChI is InChI=1S/C5H10O2.CH2Cl2/c1-4(2)3-5(6)7;2-1-3/h4H,3H2,1-2H3,(H,6,7);1H2. The fourth-order valence-electron chi connectivity index (χ4n) is 0.349. The lowest BCUT2D eigenvalue weighted by atomic mass is 10.1. The molecule has 0 saturated carbocycles. The molecule has 0 saturated heterocycles. The number of halogens is 2. The predicted molar refractivity (Wildman–Crippen MR) is 43.7 cm³/mol. The second-order valence-electron chi connectivity index (χ2n) is 2.09. The molecule has 4 heteroatoms. The van der Waals surface area contributed by atoms with E-state index < -0.39 is 5.97 Å². The highest BCUT2D eigenvalue weighted by Crippen LogP contribution is 1.96. The van der Waals surface area contributed by atoms with E-state index in [1.807, 2.05) is 13.8 Å². The summed E-state index contributed by atoms with van der Waals surface area (Å²) in [6.07, 6.45) is 0.278. The Labute approximate surface area is 71.1 Å². The summed E-state index contributed by atoms with van der Waals surface area (Å²) in [6.45, 7) is 3.77. The lowest BCUT2D eigenvalue weighted by molar-refractivity contribution is -0.137. The first-order valence-corrected chi connectivity index (χ1v) is 3.95. The van der Waals surface area contributed by atoms with E-state index in [4.69, 9.17) is 28.3 Å². The summed E-state index contributed by atoms with van der Waals surface area (Å²) in [7, 11) is 0. The molecule has 0 aromatic carbocycles.